The Labute approximate surface area is 174 Å². The zero-order valence-electron chi connectivity index (χ0n) is 16.5. The number of hydrogen-bond donors (Lipinski definition) is 0. The average molecular weight is 409 g/mol. The number of benzene rings is 2. The van der Waals surface area contributed by atoms with Crippen molar-refractivity contribution >= 4 is 34.5 Å². The molecule has 4 rings (SSSR count). The van der Waals surface area contributed by atoms with Gasteiger partial charge in [0.25, 0.3) is 0 Å². The molecule has 2 aromatic carbocycles. The molecular formula is C24H24O4S. The van der Waals surface area contributed by atoms with E-state index in [0.29, 0.717) is 22.1 Å². The minimum atomic E-state index is -0.504. The summed E-state index contributed by atoms with van der Waals surface area (Å²) in [5.74, 6) is 0.866. The maximum absolute atomic E-state index is 12.9. The number of ether oxygens (including phenoxy) is 1. The molecule has 1 aliphatic carbocycles. The molecule has 1 fully saturated rings. The Morgan fingerprint density at radius 3 is 2.48 bits per heavy atom. The lowest BCUT2D eigenvalue weighted by Gasteiger charge is -2.20. The molecule has 29 heavy (non-hydrogen) atoms. The summed E-state index contributed by atoms with van der Waals surface area (Å²) in [6, 6.07) is 14.3. The Morgan fingerprint density at radius 1 is 1.03 bits per heavy atom. The molecule has 0 radical (unpaired) electrons. The van der Waals surface area contributed by atoms with Crippen LogP contribution in [0.2, 0.25) is 0 Å². The number of fused-ring (bicyclic) bond motifs is 1. The van der Waals surface area contributed by atoms with E-state index in [1.54, 1.807) is 24.3 Å². The molecule has 4 nitrogen and oxygen atoms in total. The molecule has 5 heteroatoms. The first-order valence-electron chi connectivity index (χ1n) is 10.1. The normalized spacial score (nSPS) is 14.8. The lowest BCUT2D eigenvalue weighted by Crippen LogP contribution is -2.11. The van der Waals surface area contributed by atoms with Crippen molar-refractivity contribution in [2.45, 2.75) is 50.0 Å². The first kappa shape index (κ1) is 19.8. The zero-order chi connectivity index (χ0) is 20.2. The molecule has 1 heterocycles. The first-order chi connectivity index (χ1) is 14.1. The molecule has 0 unspecified atom stereocenters. The molecule has 0 atom stereocenters. The average Bonchev–Trinajstić information content (AvgIpc) is 3.12. The van der Waals surface area contributed by atoms with Crippen LogP contribution in [-0.4, -0.2) is 17.0 Å². The van der Waals surface area contributed by atoms with Crippen molar-refractivity contribution in [2.24, 2.45) is 0 Å². The number of furan rings is 1. The number of esters is 1. The molecule has 3 aromatic rings. The SMILES string of the molecule is CC(=O)c1ccc(OC(=O)c2oc3ccccc3c2CSC2CCCCC2)cc1. The Hall–Kier alpha value is -2.53. The van der Waals surface area contributed by atoms with Crippen molar-refractivity contribution in [3.05, 3.63) is 65.4 Å². The highest BCUT2D eigenvalue weighted by Gasteiger charge is 2.24. The summed E-state index contributed by atoms with van der Waals surface area (Å²) in [7, 11) is 0. The van der Waals surface area contributed by atoms with Gasteiger partial charge in [0.1, 0.15) is 11.3 Å². The summed E-state index contributed by atoms with van der Waals surface area (Å²) >= 11 is 1.91. The van der Waals surface area contributed by atoms with Gasteiger partial charge >= 0.3 is 5.97 Å². The number of carbonyl (C=O) groups is 2. The van der Waals surface area contributed by atoms with Crippen LogP contribution in [0.3, 0.4) is 0 Å². The molecular weight excluding hydrogens is 384 g/mol. The molecule has 0 spiro atoms. The largest absolute Gasteiger partial charge is 0.449 e. The topological polar surface area (TPSA) is 56.5 Å². The second-order valence-corrected chi connectivity index (χ2v) is 8.74. The number of Topliss-reactive ketones (excluding diaryl/α,β-unsaturated/α-hetero) is 1. The van der Waals surface area contributed by atoms with Crippen LogP contribution < -0.4 is 4.74 Å². The van der Waals surface area contributed by atoms with Crippen molar-refractivity contribution in [1.82, 2.24) is 0 Å². The van der Waals surface area contributed by atoms with Crippen LogP contribution in [0.5, 0.6) is 5.75 Å². The van der Waals surface area contributed by atoms with Gasteiger partial charge in [0, 0.05) is 27.5 Å². The quantitative estimate of drug-likeness (QED) is 0.268. The third kappa shape index (κ3) is 4.56. The number of ketones is 1. The van der Waals surface area contributed by atoms with E-state index >= 15 is 0 Å². The molecule has 150 valence electrons. The predicted molar refractivity (Wildman–Crippen MR) is 116 cm³/mol. The fraction of sp³-hybridized carbons (Fsp3) is 0.333. The van der Waals surface area contributed by atoms with Crippen LogP contribution in [0, 0.1) is 0 Å². The molecule has 0 amide bonds. The lowest BCUT2D eigenvalue weighted by atomic mass is 10.0. The molecule has 1 aromatic heterocycles. The lowest BCUT2D eigenvalue weighted by molar-refractivity contribution is 0.0702. The van der Waals surface area contributed by atoms with Gasteiger partial charge in [-0.25, -0.2) is 4.79 Å². The molecule has 0 N–H and O–H groups in total. The second kappa shape index (κ2) is 8.87. The Balaban J connectivity index is 1.56. The monoisotopic (exact) mass is 408 g/mol. The highest BCUT2D eigenvalue weighted by Crippen LogP contribution is 2.35. The van der Waals surface area contributed by atoms with E-state index in [-0.39, 0.29) is 11.5 Å². The molecule has 0 saturated heterocycles. The third-order valence-corrected chi connectivity index (χ3v) is 6.77. The van der Waals surface area contributed by atoms with Crippen molar-refractivity contribution in [3.63, 3.8) is 0 Å². The summed E-state index contributed by atoms with van der Waals surface area (Å²) in [6.07, 6.45) is 6.38. The van der Waals surface area contributed by atoms with Crippen LogP contribution in [0.1, 0.15) is 65.5 Å². The van der Waals surface area contributed by atoms with E-state index in [0.717, 1.165) is 16.7 Å². The van der Waals surface area contributed by atoms with E-state index < -0.39 is 5.97 Å². The number of thioether (sulfide) groups is 1. The number of hydrogen-bond acceptors (Lipinski definition) is 5. The summed E-state index contributed by atoms with van der Waals surface area (Å²) in [5, 5.41) is 1.61. The molecule has 1 aliphatic rings. The molecule has 1 saturated carbocycles. The predicted octanol–water partition coefficient (Wildman–Crippen LogP) is 6.42. The van der Waals surface area contributed by atoms with Gasteiger partial charge in [-0.15, -0.1) is 0 Å². The van der Waals surface area contributed by atoms with E-state index in [1.165, 1.54) is 39.0 Å². The Kier molecular flexibility index (Phi) is 6.05. The Morgan fingerprint density at radius 2 is 1.76 bits per heavy atom. The zero-order valence-corrected chi connectivity index (χ0v) is 17.3. The summed E-state index contributed by atoms with van der Waals surface area (Å²) in [4.78, 5) is 24.3. The summed E-state index contributed by atoms with van der Waals surface area (Å²) in [6.45, 7) is 1.51. The minimum Gasteiger partial charge on any atom is -0.449 e. The van der Waals surface area contributed by atoms with E-state index in [9.17, 15) is 9.59 Å². The smallest absolute Gasteiger partial charge is 0.379 e. The molecule has 0 bridgehead atoms. The van der Waals surface area contributed by atoms with Gasteiger partial charge in [0.15, 0.2) is 5.78 Å². The van der Waals surface area contributed by atoms with Gasteiger partial charge in [-0.2, -0.15) is 11.8 Å². The van der Waals surface area contributed by atoms with Gasteiger partial charge in [-0.05, 0) is 50.1 Å². The van der Waals surface area contributed by atoms with Crippen LogP contribution in [0.15, 0.2) is 52.9 Å². The van der Waals surface area contributed by atoms with Crippen molar-refractivity contribution in [2.75, 3.05) is 0 Å². The maximum atomic E-state index is 12.9. The van der Waals surface area contributed by atoms with E-state index in [4.69, 9.17) is 9.15 Å². The van der Waals surface area contributed by atoms with Gasteiger partial charge in [0.05, 0.1) is 0 Å². The second-order valence-electron chi connectivity index (χ2n) is 7.45. The van der Waals surface area contributed by atoms with Crippen LogP contribution in [0.4, 0.5) is 0 Å². The van der Waals surface area contributed by atoms with Crippen molar-refractivity contribution < 1.29 is 18.7 Å². The fourth-order valence-electron chi connectivity index (χ4n) is 3.75. The number of rotatable bonds is 6. The summed E-state index contributed by atoms with van der Waals surface area (Å²) < 4.78 is 11.4. The van der Waals surface area contributed by atoms with Crippen molar-refractivity contribution in [3.8, 4) is 5.75 Å². The number of carbonyl (C=O) groups excluding carboxylic acids is 2. The summed E-state index contributed by atoms with van der Waals surface area (Å²) in [5.41, 5.74) is 2.19. The highest BCUT2D eigenvalue weighted by molar-refractivity contribution is 7.99. The first-order valence-corrected chi connectivity index (χ1v) is 11.1. The van der Waals surface area contributed by atoms with E-state index in [2.05, 4.69) is 0 Å². The minimum absolute atomic E-state index is 0.0258. The van der Waals surface area contributed by atoms with Crippen LogP contribution >= 0.6 is 11.8 Å². The highest BCUT2D eigenvalue weighted by atomic mass is 32.2. The molecule has 0 aliphatic heterocycles. The van der Waals surface area contributed by atoms with Gasteiger partial charge < -0.3 is 9.15 Å². The maximum Gasteiger partial charge on any atom is 0.379 e. The van der Waals surface area contributed by atoms with Crippen LogP contribution in [0.25, 0.3) is 11.0 Å². The Bertz CT molecular complexity index is 1010. The van der Waals surface area contributed by atoms with Gasteiger partial charge in [0.2, 0.25) is 5.76 Å². The number of para-hydroxylation sites is 1. The van der Waals surface area contributed by atoms with E-state index in [1.807, 2.05) is 36.0 Å². The van der Waals surface area contributed by atoms with Gasteiger partial charge in [-0.3, -0.25) is 4.79 Å². The van der Waals surface area contributed by atoms with Crippen molar-refractivity contribution in [1.29, 1.82) is 0 Å². The third-order valence-electron chi connectivity index (χ3n) is 5.37. The fourth-order valence-corrected chi connectivity index (χ4v) is 5.11. The van der Waals surface area contributed by atoms with Gasteiger partial charge in [-0.1, -0.05) is 37.5 Å². The van der Waals surface area contributed by atoms with Crippen LogP contribution in [-0.2, 0) is 5.75 Å². The standard InChI is InChI=1S/C24H24O4S/c1-16(25)17-11-13-18(14-12-17)27-24(26)23-21(15-29-19-7-3-2-4-8-19)20-9-5-6-10-22(20)28-23/h5-6,9-14,19H,2-4,7-8,15H2,1H3.